The van der Waals surface area contributed by atoms with Gasteiger partial charge in [-0.2, -0.15) is 13.2 Å². The summed E-state index contributed by atoms with van der Waals surface area (Å²) in [7, 11) is 1.38. The van der Waals surface area contributed by atoms with Gasteiger partial charge in [0.05, 0.1) is 23.3 Å². The van der Waals surface area contributed by atoms with Crippen LogP contribution in [0, 0.1) is 0 Å². The molecule has 0 N–H and O–H groups in total. The number of benzene rings is 2. The molecule has 0 aliphatic rings. The van der Waals surface area contributed by atoms with Crippen LogP contribution in [-0.2, 0) is 6.18 Å². The number of alkyl halides is 3. The van der Waals surface area contributed by atoms with Crippen LogP contribution in [0.2, 0.25) is 5.02 Å². The molecule has 0 atom stereocenters. The first-order chi connectivity index (χ1) is 10.8. The van der Waals surface area contributed by atoms with Crippen LogP contribution in [0.25, 0.3) is 0 Å². The molecule has 0 spiro atoms. The van der Waals surface area contributed by atoms with Gasteiger partial charge in [-0.15, -0.1) is 11.8 Å². The molecular weight excluding hydrogens is 349 g/mol. The van der Waals surface area contributed by atoms with Gasteiger partial charge in [0.2, 0.25) is 0 Å². The Labute approximate surface area is 140 Å². The Kier molecular flexibility index (Phi) is 5.26. The molecule has 2 aromatic carbocycles. The smallest absolute Gasteiger partial charge is 0.416 e. The number of hydrogen-bond donors (Lipinski definition) is 0. The molecule has 0 fully saturated rings. The predicted octanol–water partition coefficient (Wildman–Crippen LogP) is 5.32. The molecule has 0 radical (unpaired) electrons. The zero-order valence-corrected chi connectivity index (χ0v) is 13.8. The number of hydrogen-bond acceptors (Lipinski definition) is 3. The maximum Gasteiger partial charge on any atom is 0.416 e. The van der Waals surface area contributed by atoms with E-state index in [2.05, 4.69) is 0 Å². The SMILES string of the molecule is COc1c(Cl)cccc1C(=O)c1ccc(C(F)(F)F)cc1SC. The summed E-state index contributed by atoms with van der Waals surface area (Å²) in [5.74, 6) is -0.242. The number of carbonyl (C=O) groups is 1. The minimum Gasteiger partial charge on any atom is -0.494 e. The Morgan fingerprint density at radius 2 is 1.87 bits per heavy atom. The maximum atomic E-state index is 12.8. The van der Waals surface area contributed by atoms with Crippen LogP contribution in [0.15, 0.2) is 41.3 Å². The second-order valence-electron chi connectivity index (χ2n) is 4.56. The molecule has 2 aromatic rings. The Bertz CT molecular complexity index is 745. The van der Waals surface area contributed by atoms with Crippen LogP contribution in [0.1, 0.15) is 21.5 Å². The average Bonchev–Trinajstić information content (AvgIpc) is 2.52. The van der Waals surface area contributed by atoms with Gasteiger partial charge in [0.15, 0.2) is 5.78 Å². The monoisotopic (exact) mass is 360 g/mol. The first-order valence-electron chi connectivity index (χ1n) is 6.42. The van der Waals surface area contributed by atoms with Crippen LogP contribution < -0.4 is 4.74 Å². The van der Waals surface area contributed by atoms with Crippen molar-refractivity contribution >= 4 is 29.1 Å². The zero-order valence-electron chi connectivity index (χ0n) is 12.2. The van der Waals surface area contributed by atoms with Gasteiger partial charge in [-0.25, -0.2) is 0 Å². The van der Waals surface area contributed by atoms with Crippen molar-refractivity contribution in [2.45, 2.75) is 11.1 Å². The standard InChI is InChI=1S/C16H12ClF3O2S/c1-22-15-11(4-3-5-12(15)17)14(21)10-7-6-9(16(18,19)20)8-13(10)23-2/h3-8H,1-2H3. The van der Waals surface area contributed by atoms with Crippen molar-refractivity contribution in [3.8, 4) is 5.75 Å². The Morgan fingerprint density at radius 3 is 2.43 bits per heavy atom. The van der Waals surface area contributed by atoms with E-state index in [1.165, 1.54) is 19.2 Å². The van der Waals surface area contributed by atoms with Gasteiger partial charge >= 0.3 is 6.18 Å². The molecule has 0 unspecified atom stereocenters. The molecule has 0 heterocycles. The van der Waals surface area contributed by atoms with E-state index in [1.54, 1.807) is 18.4 Å². The van der Waals surface area contributed by atoms with Crippen LogP contribution in [-0.4, -0.2) is 19.1 Å². The van der Waals surface area contributed by atoms with E-state index in [-0.39, 0.29) is 26.8 Å². The largest absolute Gasteiger partial charge is 0.494 e. The van der Waals surface area contributed by atoms with Crippen molar-refractivity contribution in [2.24, 2.45) is 0 Å². The van der Waals surface area contributed by atoms with Gasteiger partial charge in [0.25, 0.3) is 0 Å². The molecule has 0 amide bonds. The highest BCUT2D eigenvalue weighted by Crippen LogP contribution is 2.35. The third-order valence-corrected chi connectivity index (χ3v) is 4.26. The highest BCUT2D eigenvalue weighted by Gasteiger charge is 2.31. The summed E-state index contributed by atoms with van der Waals surface area (Å²) in [5, 5.41) is 0.260. The quantitative estimate of drug-likeness (QED) is 0.545. The van der Waals surface area contributed by atoms with Crippen LogP contribution in [0.4, 0.5) is 13.2 Å². The second kappa shape index (κ2) is 6.84. The van der Waals surface area contributed by atoms with E-state index >= 15 is 0 Å². The molecule has 7 heteroatoms. The molecule has 0 bridgehead atoms. The fraction of sp³-hybridized carbons (Fsp3) is 0.188. The minimum absolute atomic E-state index is 0.172. The number of methoxy groups -OCH3 is 1. The lowest BCUT2D eigenvalue weighted by atomic mass is 10.0. The lowest BCUT2D eigenvalue weighted by Gasteiger charge is -2.13. The van der Waals surface area contributed by atoms with Crippen molar-refractivity contribution in [3.05, 3.63) is 58.1 Å². The summed E-state index contributed by atoms with van der Waals surface area (Å²) >= 11 is 7.06. The van der Waals surface area contributed by atoms with Crippen molar-refractivity contribution in [3.63, 3.8) is 0 Å². The highest BCUT2D eigenvalue weighted by atomic mass is 35.5. The third-order valence-electron chi connectivity index (χ3n) is 3.19. The highest BCUT2D eigenvalue weighted by molar-refractivity contribution is 7.98. The summed E-state index contributed by atoms with van der Waals surface area (Å²) in [6.45, 7) is 0. The van der Waals surface area contributed by atoms with Crippen LogP contribution >= 0.6 is 23.4 Å². The summed E-state index contributed by atoms with van der Waals surface area (Å²) in [6, 6.07) is 7.71. The van der Waals surface area contributed by atoms with Gasteiger partial charge in [-0.05, 0) is 36.6 Å². The van der Waals surface area contributed by atoms with Crippen LogP contribution in [0.3, 0.4) is 0 Å². The van der Waals surface area contributed by atoms with Gasteiger partial charge in [0.1, 0.15) is 5.75 Å². The number of para-hydroxylation sites is 1. The molecule has 0 aromatic heterocycles. The van der Waals surface area contributed by atoms with Gasteiger partial charge in [-0.1, -0.05) is 17.7 Å². The number of thioether (sulfide) groups is 1. The molecule has 0 saturated carbocycles. The second-order valence-corrected chi connectivity index (χ2v) is 5.82. The maximum absolute atomic E-state index is 12.8. The minimum atomic E-state index is -4.46. The van der Waals surface area contributed by atoms with E-state index in [1.807, 2.05) is 0 Å². The number of halogens is 4. The van der Waals surface area contributed by atoms with Gasteiger partial charge in [-0.3, -0.25) is 4.79 Å². The molecule has 23 heavy (non-hydrogen) atoms. The number of rotatable bonds is 4. The first kappa shape index (κ1) is 17.7. The molecule has 0 saturated heterocycles. The van der Waals surface area contributed by atoms with Gasteiger partial charge < -0.3 is 4.74 Å². The lowest BCUT2D eigenvalue weighted by molar-refractivity contribution is -0.137. The predicted molar refractivity (Wildman–Crippen MR) is 84.7 cm³/mol. The number of ketones is 1. The fourth-order valence-corrected chi connectivity index (χ4v) is 2.97. The Morgan fingerprint density at radius 1 is 1.17 bits per heavy atom. The molecular formula is C16H12ClF3O2S. The summed E-state index contributed by atoms with van der Waals surface area (Å²) < 4.78 is 43.5. The topological polar surface area (TPSA) is 26.3 Å². The Hall–Kier alpha value is -1.66. The van der Waals surface area contributed by atoms with E-state index in [4.69, 9.17) is 16.3 Å². The lowest BCUT2D eigenvalue weighted by Crippen LogP contribution is -2.09. The van der Waals surface area contributed by atoms with Crippen molar-refractivity contribution in [2.75, 3.05) is 13.4 Å². The summed E-state index contributed by atoms with van der Waals surface area (Å²) in [5.41, 5.74) is -0.419. The first-order valence-corrected chi connectivity index (χ1v) is 8.02. The van der Waals surface area contributed by atoms with E-state index in [9.17, 15) is 18.0 Å². The Balaban J connectivity index is 2.54. The van der Waals surface area contributed by atoms with Crippen molar-refractivity contribution < 1.29 is 22.7 Å². The third kappa shape index (κ3) is 3.64. The van der Waals surface area contributed by atoms with E-state index < -0.39 is 17.5 Å². The molecule has 0 aliphatic carbocycles. The molecule has 122 valence electrons. The summed E-state index contributed by atoms with van der Waals surface area (Å²) in [6.07, 6.45) is -2.85. The summed E-state index contributed by atoms with van der Waals surface area (Å²) in [4.78, 5) is 12.9. The number of ether oxygens (including phenoxy) is 1. The molecule has 2 nitrogen and oxygen atoms in total. The van der Waals surface area contributed by atoms with Crippen LogP contribution in [0.5, 0.6) is 5.75 Å². The fourth-order valence-electron chi connectivity index (χ4n) is 2.10. The van der Waals surface area contributed by atoms with E-state index in [0.29, 0.717) is 0 Å². The average molecular weight is 361 g/mol. The van der Waals surface area contributed by atoms with Crippen molar-refractivity contribution in [1.82, 2.24) is 0 Å². The molecule has 0 aliphatic heterocycles. The van der Waals surface area contributed by atoms with E-state index in [0.717, 1.165) is 23.9 Å². The zero-order chi connectivity index (χ0) is 17.2. The molecule has 2 rings (SSSR count). The van der Waals surface area contributed by atoms with Crippen molar-refractivity contribution in [1.29, 1.82) is 0 Å². The number of carbonyl (C=O) groups excluding carboxylic acids is 1. The normalized spacial score (nSPS) is 11.4. The van der Waals surface area contributed by atoms with Gasteiger partial charge in [0, 0.05) is 10.5 Å².